The van der Waals surface area contributed by atoms with Crippen molar-refractivity contribution >= 4 is 21.5 Å². The van der Waals surface area contributed by atoms with E-state index in [0.717, 1.165) is 28.6 Å². The molecular weight excluding hydrogens is 1130 g/mol. The second-order valence-corrected chi connectivity index (χ2v) is 28.4. The number of rotatable bonds is 7. The molecule has 0 aliphatic rings. The highest BCUT2D eigenvalue weighted by Crippen LogP contribution is 2.29. The van der Waals surface area contributed by atoms with Gasteiger partial charge in [0.1, 0.15) is 96.9 Å². The molecule has 0 aliphatic heterocycles. The monoisotopic (exact) mass is 1230 g/mol. The Bertz CT molecular complexity index is 3430. The van der Waals surface area contributed by atoms with Gasteiger partial charge in [-0.25, -0.2) is 13.2 Å². The fourth-order valence-corrected chi connectivity index (χ4v) is 7.75. The van der Waals surface area contributed by atoms with Gasteiger partial charge in [0.05, 0.1) is 0 Å². The number of hydrogen-bond acceptors (Lipinski definition) is 7. The van der Waals surface area contributed by atoms with Crippen molar-refractivity contribution in [1.82, 2.24) is 0 Å². The highest BCUT2D eigenvalue weighted by Gasteiger charge is 2.17. The second-order valence-electron chi connectivity index (χ2n) is 28.4. The maximum Gasteiger partial charge on any atom is 0.127 e. The third-order valence-corrected chi connectivity index (χ3v) is 10.9. The molecule has 0 unspecified atom stereocenters. The fourth-order valence-electron chi connectivity index (χ4n) is 7.75. The van der Waals surface area contributed by atoms with Crippen molar-refractivity contribution in [3.05, 3.63) is 235 Å². The molecular formula is C80H103F3O7. The van der Waals surface area contributed by atoms with E-state index in [-0.39, 0.29) is 56.7 Å². The maximum atomic E-state index is 12.8. The molecule has 7 nitrogen and oxygen atoms in total. The summed E-state index contributed by atoms with van der Waals surface area (Å²) in [5.74, 6) is 4.88. The first-order valence-electron chi connectivity index (χ1n) is 30.7. The summed E-state index contributed by atoms with van der Waals surface area (Å²) in [5, 5.41) is 4.87. The Labute approximate surface area is 538 Å². The van der Waals surface area contributed by atoms with Crippen LogP contribution in [-0.4, -0.2) is 39.2 Å². The lowest BCUT2D eigenvalue weighted by molar-refractivity contribution is 0.129. The number of fused-ring (bicyclic) bond motifs is 2. The Kier molecular flexibility index (Phi) is 28.9. The SMILES string of the molecule is CC(C)(C)Oc1ccc(F)cc1.CC(C)(C)Oc1ccc2ccccc2c1.CC(C)(C)Oc1cccc(F)c1.CC(C)(C)Oc1cccc2ccccc12.CC(C)(C)Oc1ccccc1.Cc1ccc(F)cc1OC(C)(C)C.Cc1ccc(OC(C)(C)C)cc1. The molecule has 486 valence electrons. The van der Waals surface area contributed by atoms with Gasteiger partial charge in [0.25, 0.3) is 0 Å². The van der Waals surface area contributed by atoms with Gasteiger partial charge in [-0.3, -0.25) is 0 Å². The second kappa shape index (κ2) is 34.2. The minimum Gasteiger partial charge on any atom is -0.488 e. The average molecular weight is 1230 g/mol. The van der Waals surface area contributed by atoms with E-state index in [0.29, 0.717) is 17.2 Å². The zero-order chi connectivity index (χ0) is 67.7. The van der Waals surface area contributed by atoms with Crippen LogP contribution < -0.4 is 33.2 Å². The quantitative estimate of drug-likeness (QED) is 0.158. The van der Waals surface area contributed by atoms with Gasteiger partial charge >= 0.3 is 0 Å². The van der Waals surface area contributed by atoms with Crippen molar-refractivity contribution in [1.29, 1.82) is 0 Å². The minimum atomic E-state index is -0.279. The lowest BCUT2D eigenvalue weighted by Gasteiger charge is -2.22. The van der Waals surface area contributed by atoms with Gasteiger partial charge in [-0.05, 0) is 266 Å². The molecule has 0 heterocycles. The zero-order valence-electron chi connectivity index (χ0n) is 58.1. The van der Waals surface area contributed by atoms with E-state index in [9.17, 15) is 13.2 Å². The van der Waals surface area contributed by atoms with Crippen molar-refractivity contribution < 1.29 is 46.3 Å². The lowest BCUT2D eigenvalue weighted by atomic mass is 10.1. The molecule has 0 bridgehead atoms. The van der Waals surface area contributed by atoms with E-state index >= 15 is 0 Å². The fraction of sp³-hybridized carbons (Fsp3) is 0.375. The normalized spacial score (nSPS) is 11.4. The Morgan fingerprint density at radius 2 is 0.578 bits per heavy atom. The van der Waals surface area contributed by atoms with Crippen LogP contribution in [0.25, 0.3) is 21.5 Å². The van der Waals surface area contributed by atoms with E-state index in [4.69, 9.17) is 33.2 Å². The molecule has 0 N–H and O–H groups in total. The molecule has 90 heavy (non-hydrogen) atoms. The predicted molar refractivity (Wildman–Crippen MR) is 372 cm³/mol. The molecule has 0 saturated carbocycles. The summed E-state index contributed by atoms with van der Waals surface area (Å²) in [6.45, 7) is 46.1. The van der Waals surface area contributed by atoms with Gasteiger partial charge in [0.15, 0.2) is 0 Å². The number of para-hydroxylation sites is 1. The molecule has 0 aliphatic carbocycles. The number of halogens is 3. The highest BCUT2D eigenvalue weighted by atomic mass is 19.1. The molecule has 0 fully saturated rings. The molecule has 0 saturated heterocycles. The van der Waals surface area contributed by atoms with Gasteiger partial charge in [-0.15, -0.1) is 0 Å². The lowest BCUT2D eigenvalue weighted by Crippen LogP contribution is -2.23. The topological polar surface area (TPSA) is 64.6 Å². The number of hydrogen-bond donors (Lipinski definition) is 0. The molecule has 9 rings (SSSR count). The minimum absolute atomic E-state index is 0.0959. The number of aryl methyl sites for hydroxylation is 2. The first-order valence-corrected chi connectivity index (χ1v) is 30.7. The van der Waals surface area contributed by atoms with Gasteiger partial charge in [-0.1, -0.05) is 115 Å². The summed E-state index contributed by atoms with van der Waals surface area (Å²) in [7, 11) is 0. The summed E-state index contributed by atoms with van der Waals surface area (Å²) < 4.78 is 77.5. The van der Waals surface area contributed by atoms with Crippen LogP contribution in [-0.2, 0) is 0 Å². The van der Waals surface area contributed by atoms with E-state index in [1.165, 1.54) is 63.5 Å². The summed E-state index contributed by atoms with van der Waals surface area (Å²) in [4.78, 5) is 0. The molecule has 0 aromatic heterocycles. The van der Waals surface area contributed by atoms with Crippen LogP contribution in [0.4, 0.5) is 13.2 Å². The molecule has 0 spiro atoms. The van der Waals surface area contributed by atoms with E-state index in [1.54, 1.807) is 30.3 Å². The summed E-state index contributed by atoms with van der Waals surface area (Å²) in [6.07, 6.45) is 0. The summed E-state index contributed by atoms with van der Waals surface area (Å²) in [5.41, 5.74) is 0.959. The third-order valence-electron chi connectivity index (χ3n) is 10.9. The van der Waals surface area contributed by atoms with E-state index in [1.807, 2.05) is 196 Å². The van der Waals surface area contributed by atoms with Crippen molar-refractivity contribution in [2.75, 3.05) is 0 Å². The Balaban J connectivity index is 0.000000275. The van der Waals surface area contributed by atoms with E-state index < -0.39 is 0 Å². The maximum absolute atomic E-state index is 12.8. The van der Waals surface area contributed by atoms with Crippen LogP contribution >= 0.6 is 0 Å². The number of benzene rings is 9. The van der Waals surface area contributed by atoms with Crippen molar-refractivity contribution in [3.63, 3.8) is 0 Å². The van der Waals surface area contributed by atoms with Crippen LogP contribution in [0.1, 0.15) is 157 Å². The molecule has 0 amide bonds. The van der Waals surface area contributed by atoms with Gasteiger partial charge in [-0.2, -0.15) is 0 Å². The van der Waals surface area contributed by atoms with E-state index in [2.05, 4.69) is 103 Å². The van der Waals surface area contributed by atoms with Crippen LogP contribution in [0.5, 0.6) is 40.2 Å². The molecule has 0 radical (unpaired) electrons. The zero-order valence-corrected chi connectivity index (χ0v) is 58.1. The Hall–Kier alpha value is -8.11. The standard InChI is InChI=1S/2C14H16O.C11H15FO.C11H16O.2C10H13FO.C10H14O/c1-14(2,3)15-13-10-6-8-11-7-4-5-9-12(11)13;1-14(2,3)15-13-9-8-11-6-4-5-7-12(11)10-13;1-8-5-6-9(12)7-10(8)13-11(2,3)4;1-9-5-7-10(8-6-9)12-11(2,3)4;1-10(2,3)12-9-6-4-8(11)5-7-9;1-10(2,3)12-9-6-4-5-8(11)7-9;1-10(2,3)11-9-7-5-4-6-8-9/h2*4-10H,1-3H3;5-7H,1-4H3;5-8H,1-4H3;2*4-7H,1-3H3;4-8H,1-3H3. The first kappa shape index (κ1) is 76.1. The van der Waals surface area contributed by atoms with Gasteiger partial charge < -0.3 is 33.2 Å². The van der Waals surface area contributed by atoms with Crippen LogP contribution in [0, 0.1) is 31.3 Å². The Morgan fingerprint density at radius 1 is 0.233 bits per heavy atom. The van der Waals surface area contributed by atoms with Crippen molar-refractivity contribution in [2.24, 2.45) is 0 Å². The first-order chi connectivity index (χ1) is 41.5. The van der Waals surface area contributed by atoms with Gasteiger partial charge in [0, 0.05) is 17.5 Å². The average Bonchev–Trinajstić information content (AvgIpc) is 2.84. The summed E-state index contributed by atoms with van der Waals surface area (Å²) in [6, 6.07) is 63.7. The molecule has 0 atom stereocenters. The molecule has 9 aromatic carbocycles. The summed E-state index contributed by atoms with van der Waals surface area (Å²) >= 11 is 0. The van der Waals surface area contributed by atoms with Crippen LogP contribution in [0.2, 0.25) is 0 Å². The smallest absolute Gasteiger partial charge is 0.127 e. The van der Waals surface area contributed by atoms with Crippen molar-refractivity contribution in [3.8, 4) is 40.2 Å². The predicted octanol–water partition coefficient (Wildman–Crippen LogP) is 23.4. The van der Waals surface area contributed by atoms with Crippen LogP contribution in [0.15, 0.2) is 206 Å². The highest BCUT2D eigenvalue weighted by molar-refractivity contribution is 5.88. The number of ether oxygens (including phenoxy) is 7. The third kappa shape index (κ3) is 35.2. The van der Waals surface area contributed by atoms with Crippen LogP contribution in [0.3, 0.4) is 0 Å². The van der Waals surface area contributed by atoms with Crippen molar-refractivity contribution in [2.45, 2.75) is 198 Å². The molecule has 10 heteroatoms. The Morgan fingerprint density at radius 3 is 1.07 bits per heavy atom. The molecule has 9 aromatic rings. The largest absolute Gasteiger partial charge is 0.488 e. The van der Waals surface area contributed by atoms with Gasteiger partial charge in [0.2, 0.25) is 0 Å².